The number of rotatable bonds is 2. The average molecular weight is 283 g/mol. The number of nitrogens with one attached hydrogen (secondary N) is 1. The van der Waals surface area contributed by atoms with Crippen molar-refractivity contribution in [2.24, 2.45) is 0 Å². The van der Waals surface area contributed by atoms with E-state index in [2.05, 4.69) is 16.0 Å². The van der Waals surface area contributed by atoms with Gasteiger partial charge < -0.3 is 4.98 Å². The van der Waals surface area contributed by atoms with Crippen LogP contribution < -0.4 is 0 Å². The molecule has 1 aliphatic rings. The average Bonchev–Trinajstić information content (AvgIpc) is 3.34. The first-order chi connectivity index (χ1) is 9.79. The minimum absolute atomic E-state index is 0.400. The van der Waals surface area contributed by atoms with E-state index >= 15 is 0 Å². The molecule has 4 heteroatoms. The Morgan fingerprint density at radius 3 is 2.45 bits per heavy atom. The lowest BCUT2D eigenvalue weighted by atomic mass is 10.1. The molecule has 0 saturated heterocycles. The summed E-state index contributed by atoms with van der Waals surface area (Å²) >= 11 is 5.22. The number of H-pyrrole nitrogens is 1. The Bertz CT molecular complexity index is 679. The van der Waals surface area contributed by atoms with E-state index in [-0.39, 0.29) is 0 Å². The first kappa shape index (κ1) is 14.4. The molecule has 0 unspecified atom stereocenters. The Morgan fingerprint density at radius 1 is 1.25 bits per heavy atom. The van der Waals surface area contributed by atoms with Gasteiger partial charge in [0.1, 0.15) is 22.1 Å². The van der Waals surface area contributed by atoms with Crippen molar-refractivity contribution in [2.75, 3.05) is 0 Å². The minimum Gasteiger partial charge on any atom is -0.342 e. The van der Waals surface area contributed by atoms with Crippen LogP contribution in [-0.4, -0.2) is 9.97 Å². The summed E-state index contributed by atoms with van der Waals surface area (Å²) in [6, 6.07) is 12.0. The molecular formula is C16H17N3S. The molecule has 1 aliphatic carbocycles. The first-order valence-corrected chi connectivity index (χ1v) is 7.30. The maximum Gasteiger partial charge on any atom is 0.148 e. The molecule has 3 nitrogen and oxygen atoms in total. The smallest absolute Gasteiger partial charge is 0.148 e. The summed E-state index contributed by atoms with van der Waals surface area (Å²) in [4.78, 5) is 7.60. The Morgan fingerprint density at radius 2 is 1.90 bits per heavy atom. The first-order valence-electron chi connectivity index (χ1n) is 6.89. The predicted molar refractivity (Wildman–Crippen MR) is 82.9 cm³/mol. The van der Waals surface area contributed by atoms with Crippen LogP contribution in [0.1, 0.15) is 43.9 Å². The van der Waals surface area contributed by atoms with E-state index in [0.29, 0.717) is 16.1 Å². The molecule has 1 fully saturated rings. The Labute approximate surface area is 124 Å². The summed E-state index contributed by atoms with van der Waals surface area (Å²) in [6.45, 7) is 4.00. The van der Waals surface area contributed by atoms with Crippen LogP contribution in [0.15, 0.2) is 30.3 Å². The van der Waals surface area contributed by atoms with Gasteiger partial charge >= 0.3 is 0 Å². The van der Waals surface area contributed by atoms with Crippen molar-refractivity contribution in [1.29, 1.82) is 5.26 Å². The number of hydrogen-bond donors (Lipinski definition) is 1. The third-order valence-electron chi connectivity index (χ3n) is 3.09. The number of nitriles is 1. The zero-order chi connectivity index (χ0) is 14.5. The van der Waals surface area contributed by atoms with Crippen LogP contribution in [0.5, 0.6) is 0 Å². The second-order valence-corrected chi connectivity index (χ2v) is 4.82. The fraction of sp³-hybridized carbons (Fsp3) is 0.312. The summed E-state index contributed by atoms with van der Waals surface area (Å²) in [7, 11) is 0. The van der Waals surface area contributed by atoms with Gasteiger partial charge in [0.05, 0.1) is 0 Å². The monoisotopic (exact) mass is 283 g/mol. The molecule has 102 valence electrons. The standard InChI is InChI=1S/C14H11N3S.C2H6/c15-8-11-12(9-6-7-9)16-13(17-14(11)18)10-4-2-1-3-5-10;1-2/h1-5,9H,6-7H2,(H,16,17,18);1-2H3. The van der Waals surface area contributed by atoms with Gasteiger partial charge in [0.2, 0.25) is 0 Å². The summed E-state index contributed by atoms with van der Waals surface area (Å²) in [5.41, 5.74) is 2.48. The molecule has 1 aromatic heterocycles. The largest absolute Gasteiger partial charge is 0.342 e. The minimum atomic E-state index is 0.400. The zero-order valence-corrected chi connectivity index (χ0v) is 12.5. The highest BCUT2D eigenvalue weighted by molar-refractivity contribution is 7.71. The molecule has 20 heavy (non-hydrogen) atoms. The summed E-state index contributed by atoms with van der Waals surface area (Å²) in [6.07, 6.45) is 2.25. The van der Waals surface area contributed by atoms with Crippen LogP contribution in [0.3, 0.4) is 0 Å². The normalized spacial score (nSPS) is 13.1. The maximum absolute atomic E-state index is 9.16. The lowest BCUT2D eigenvalue weighted by Gasteiger charge is -2.07. The molecule has 1 N–H and O–H groups in total. The van der Waals surface area contributed by atoms with Crippen molar-refractivity contribution in [3.05, 3.63) is 46.2 Å². The SMILES string of the molecule is CC.N#Cc1c(C2CC2)[nH]c(-c2ccccc2)nc1=S. The van der Waals surface area contributed by atoms with E-state index < -0.39 is 0 Å². The molecule has 3 rings (SSSR count). The van der Waals surface area contributed by atoms with Crippen molar-refractivity contribution >= 4 is 12.2 Å². The highest BCUT2D eigenvalue weighted by Gasteiger charge is 2.28. The van der Waals surface area contributed by atoms with Gasteiger partial charge in [0, 0.05) is 17.2 Å². The topological polar surface area (TPSA) is 52.5 Å². The van der Waals surface area contributed by atoms with E-state index in [1.807, 2.05) is 44.2 Å². The number of aromatic nitrogens is 2. The van der Waals surface area contributed by atoms with Crippen LogP contribution in [0.25, 0.3) is 11.4 Å². The second-order valence-electron chi connectivity index (χ2n) is 4.43. The van der Waals surface area contributed by atoms with Crippen molar-refractivity contribution in [1.82, 2.24) is 9.97 Å². The Kier molecular flexibility index (Phi) is 4.65. The number of hydrogen-bond acceptors (Lipinski definition) is 3. The molecule has 1 heterocycles. The van der Waals surface area contributed by atoms with Gasteiger partial charge in [-0.2, -0.15) is 5.26 Å². The van der Waals surface area contributed by atoms with Crippen LogP contribution in [0.4, 0.5) is 0 Å². The van der Waals surface area contributed by atoms with Gasteiger partial charge in [-0.1, -0.05) is 56.4 Å². The molecule has 0 bridgehead atoms. The number of benzene rings is 1. The third-order valence-corrected chi connectivity index (χ3v) is 3.39. The summed E-state index contributed by atoms with van der Waals surface area (Å²) in [5.74, 6) is 1.20. The summed E-state index contributed by atoms with van der Waals surface area (Å²) in [5, 5.41) is 9.16. The molecule has 0 atom stereocenters. The molecule has 0 spiro atoms. The van der Waals surface area contributed by atoms with E-state index in [1.54, 1.807) is 0 Å². The Hall–Kier alpha value is -1.99. The van der Waals surface area contributed by atoms with Crippen LogP contribution >= 0.6 is 12.2 Å². The van der Waals surface area contributed by atoms with Gasteiger partial charge in [0.15, 0.2) is 0 Å². The highest BCUT2D eigenvalue weighted by Crippen LogP contribution is 2.41. The molecule has 1 saturated carbocycles. The number of nitrogens with zero attached hydrogens (tertiary/aromatic N) is 2. The van der Waals surface area contributed by atoms with Gasteiger partial charge in [-0.15, -0.1) is 0 Å². The van der Waals surface area contributed by atoms with Crippen molar-refractivity contribution in [3.8, 4) is 17.5 Å². The van der Waals surface area contributed by atoms with E-state index in [9.17, 15) is 0 Å². The summed E-state index contributed by atoms with van der Waals surface area (Å²) < 4.78 is 0.400. The van der Waals surface area contributed by atoms with Crippen LogP contribution in [0, 0.1) is 16.0 Å². The predicted octanol–water partition coefficient (Wildman–Crippen LogP) is 4.58. The zero-order valence-electron chi connectivity index (χ0n) is 11.7. The maximum atomic E-state index is 9.16. The fourth-order valence-corrected chi connectivity index (χ4v) is 2.26. The van der Waals surface area contributed by atoms with Crippen molar-refractivity contribution in [3.63, 3.8) is 0 Å². The van der Waals surface area contributed by atoms with Gasteiger partial charge in [-0.3, -0.25) is 0 Å². The van der Waals surface area contributed by atoms with Crippen molar-refractivity contribution < 1.29 is 0 Å². The fourth-order valence-electron chi connectivity index (χ4n) is 2.01. The van der Waals surface area contributed by atoms with Gasteiger partial charge in [0.25, 0.3) is 0 Å². The molecule has 0 amide bonds. The Balaban J connectivity index is 0.000000704. The van der Waals surface area contributed by atoms with Crippen LogP contribution in [-0.2, 0) is 0 Å². The lowest BCUT2D eigenvalue weighted by Crippen LogP contribution is -2.00. The quantitative estimate of drug-likeness (QED) is 0.821. The molecule has 2 aromatic rings. The molecule has 0 aliphatic heterocycles. The lowest BCUT2D eigenvalue weighted by molar-refractivity contribution is 0.976. The number of aromatic amines is 1. The van der Waals surface area contributed by atoms with E-state index in [0.717, 1.165) is 29.9 Å². The van der Waals surface area contributed by atoms with E-state index in [1.165, 1.54) is 0 Å². The van der Waals surface area contributed by atoms with Crippen LogP contribution in [0.2, 0.25) is 0 Å². The van der Waals surface area contributed by atoms with E-state index in [4.69, 9.17) is 17.5 Å². The molecular weight excluding hydrogens is 266 g/mol. The second kappa shape index (κ2) is 6.44. The molecule has 0 radical (unpaired) electrons. The van der Waals surface area contributed by atoms with Gasteiger partial charge in [-0.05, 0) is 12.8 Å². The highest BCUT2D eigenvalue weighted by atomic mass is 32.1. The van der Waals surface area contributed by atoms with Crippen molar-refractivity contribution in [2.45, 2.75) is 32.6 Å². The van der Waals surface area contributed by atoms with Gasteiger partial charge in [-0.25, -0.2) is 4.98 Å². The third kappa shape index (κ3) is 2.94. The molecule has 1 aromatic carbocycles.